The van der Waals surface area contributed by atoms with Crippen molar-refractivity contribution in [1.82, 2.24) is 15.2 Å². The first-order valence-corrected chi connectivity index (χ1v) is 10.5. The average molecular weight is 408 g/mol. The molecule has 1 aromatic heterocycles. The summed E-state index contributed by atoms with van der Waals surface area (Å²) < 4.78 is 10.9. The third-order valence-electron chi connectivity index (χ3n) is 5.90. The van der Waals surface area contributed by atoms with Crippen LogP contribution >= 0.6 is 0 Å². The van der Waals surface area contributed by atoms with Gasteiger partial charge in [0.15, 0.2) is 0 Å². The van der Waals surface area contributed by atoms with Crippen molar-refractivity contribution in [3.05, 3.63) is 59.8 Å². The zero-order valence-corrected chi connectivity index (χ0v) is 17.6. The monoisotopic (exact) mass is 407 g/mol. The fourth-order valence-corrected chi connectivity index (χ4v) is 4.38. The number of aromatic nitrogens is 1. The largest absolute Gasteiger partial charge is 0.497 e. The van der Waals surface area contributed by atoms with E-state index in [1.165, 1.54) is 10.9 Å². The van der Waals surface area contributed by atoms with Crippen molar-refractivity contribution in [3.63, 3.8) is 0 Å². The summed E-state index contributed by atoms with van der Waals surface area (Å²) in [5.74, 6) is 1.65. The summed E-state index contributed by atoms with van der Waals surface area (Å²) in [6.07, 6.45) is 4.93. The molecule has 0 spiro atoms. The summed E-state index contributed by atoms with van der Waals surface area (Å²) in [6.45, 7) is 1.94. The predicted molar refractivity (Wildman–Crippen MR) is 118 cm³/mol. The molecular formula is C24H29N3O3. The number of aromatic amines is 1. The Kier molecular flexibility index (Phi) is 6.23. The third kappa shape index (κ3) is 4.28. The Morgan fingerprint density at radius 3 is 2.90 bits per heavy atom. The summed E-state index contributed by atoms with van der Waals surface area (Å²) in [4.78, 5) is 18.1. The topological polar surface area (TPSA) is 66.6 Å². The minimum absolute atomic E-state index is 0.0641. The van der Waals surface area contributed by atoms with Gasteiger partial charge in [0.2, 0.25) is 5.91 Å². The zero-order chi connectivity index (χ0) is 20.9. The number of H-pyrrole nitrogens is 1. The van der Waals surface area contributed by atoms with Crippen LogP contribution in [-0.4, -0.2) is 49.6 Å². The lowest BCUT2D eigenvalue weighted by Gasteiger charge is -2.25. The summed E-state index contributed by atoms with van der Waals surface area (Å²) in [7, 11) is 3.33. The molecule has 6 heteroatoms. The van der Waals surface area contributed by atoms with Gasteiger partial charge in [0.05, 0.1) is 20.8 Å². The highest BCUT2D eigenvalue weighted by molar-refractivity contribution is 5.83. The van der Waals surface area contributed by atoms with Crippen LogP contribution < -0.4 is 14.8 Å². The van der Waals surface area contributed by atoms with Gasteiger partial charge in [-0.05, 0) is 43.5 Å². The van der Waals surface area contributed by atoms with Gasteiger partial charge in [-0.2, -0.15) is 0 Å². The SMILES string of the molecule is COc1ccc(C2CCCN2CC(=O)NCCc2c[nH]c3ccccc23)c(OC)c1. The van der Waals surface area contributed by atoms with Crippen LogP contribution in [0.2, 0.25) is 0 Å². The van der Waals surface area contributed by atoms with Gasteiger partial charge in [-0.1, -0.05) is 24.3 Å². The number of rotatable bonds is 8. The fraction of sp³-hybridized carbons (Fsp3) is 0.375. The first-order valence-electron chi connectivity index (χ1n) is 10.5. The molecule has 1 aliphatic heterocycles. The van der Waals surface area contributed by atoms with Crippen LogP contribution in [0.15, 0.2) is 48.7 Å². The highest BCUT2D eigenvalue weighted by Crippen LogP contribution is 2.38. The lowest BCUT2D eigenvalue weighted by molar-refractivity contribution is -0.122. The van der Waals surface area contributed by atoms with E-state index in [2.05, 4.69) is 33.4 Å². The Bertz CT molecular complexity index is 1010. The molecule has 4 rings (SSSR count). The number of hydrogen-bond acceptors (Lipinski definition) is 4. The summed E-state index contributed by atoms with van der Waals surface area (Å²) in [5, 5.41) is 4.31. The van der Waals surface area contributed by atoms with E-state index < -0.39 is 0 Å². The van der Waals surface area contributed by atoms with Gasteiger partial charge in [0.1, 0.15) is 11.5 Å². The Labute approximate surface area is 177 Å². The van der Waals surface area contributed by atoms with E-state index in [1.807, 2.05) is 30.5 Å². The number of nitrogens with one attached hydrogen (secondary N) is 2. The van der Waals surface area contributed by atoms with E-state index in [1.54, 1.807) is 14.2 Å². The van der Waals surface area contributed by atoms with Crippen molar-refractivity contribution in [2.45, 2.75) is 25.3 Å². The van der Waals surface area contributed by atoms with E-state index in [4.69, 9.17) is 9.47 Å². The highest BCUT2D eigenvalue weighted by Gasteiger charge is 2.29. The van der Waals surface area contributed by atoms with Crippen molar-refractivity contribution < 1.29 is 14.3 Å². The Balaban J connectivity index is 1.34. The van der Waals surface area contributed by atoms with Crippen LogP contribution in [-0.2, 0) is 11.2 Å². The van der Waals surface area contributed by atoms with Crippen LogP contribution in [0.3, 0.4) is 0 Å². The zero-order valence-electron chi connectivity index (χ0n) is 17.6. The van der Waals surface area contributed by atoms with Crippen molar-refractivity contribution >= 4 is 16.8 Å². The number of carbonyl (C=O) groups excluding carboxylic acids is 1. The second kappa shape index (κ2) is 9.22. The predicted octanol–water partition coefficient (Wildman–Crippen LogP) is 3.68. The van der Waals surface area contributed by atoms with E-state index in [-0.39, 0.29) is 11.9 Å². The maximum atomic E-state index is 12.6. The normalized spacial score (nSPS) is 16.7. The maximum absolute atomic E-state index is 12.6. The second-order valence-corrected chi connectivity index (χ2v) is 7.70. The average Bonchev–Trinajstić information content (AvgIpc) is 3.40. The molecule has 1 fully saturated rings. The van der Waals surface area contributed by atoms with Crippen molar-refractivity contribution in [2.75, 3.05) is 33.9 Å². The maximum Gasteiger partial charge on any atom is 0.234 e. The molecule has 0 bridgehead atoms. The van der Waals surface area contributed by atoms with Gasteiger partial charge < -0.3 is 19.8 Å². The molecule has 2 aromatic carbocycles. The quantitative estimate of drug-likeness (QED) is 0.598. The molecule has 30 heavy (non-hydrogen) atoms. The smallest absolute Gasteiger partial charge is 0.234 e. The molecular weight excluding hydrogens is 378 g/mol. The summed E-state index contributed by atoms with van der Waals surface area (Å²) in [6, 6.07) is 14.3. The molecule has 1 saturated heterocycles. The lowest BCUT2D eigenvalue weighted by Crippen LogP contribution is -2.37. The molecule has 1 atom stereocenters. The summed E-state index contributed by atoms with van der Waals surface area (Å²) in [5.41, 5.74) is 3.47. The Hall–Kier alpha value is -2.99. The highest BCUT2D eigenvalue weighted by atomic mass is 16.5. The first-order chi connectivity index (χ1) is 14.7. The van der Waals surface area contributed by atoms with Crippen LogP contribution in [0, 0.1) is 0 Å². The molecule has 3 aromatic rings. The molecule has 1 unspecified atom stereocenters. The molecule has 0 radical (unpaired) electrons. The number of benzene rings is 2. The van der Waals surface area contributed by atoms with E-state index in [0.29, 0.717) is 13.1 Å². The van der Waals surface area contributed by atoms with Gasteiger partial charge in [-0.3, -0.25) is 9.69 Å². The van der Waals surface area contributed by atoms with Crippen LogP contribution in [0.25, 0.3) is 10.9 Å². The van der Waals surface area contributed by atoms with Crippen LogP contribution in [0.5, 0.6) is 11.5 Å². The molecule has 1 amide bonds. The molecule has 6 nitrogen and oxygen atoms in total. The number of hydrogen-bond donors (Lipinski definition) is 2. The number of ether oxygens (including phenoxy) is 2. The number of methoxy groups -OCH3 is 2. The molecule has 2 N–H and O–H groups in total. The van der Waals surface area contributed by atoms with Gasteiger partial charge in [0, 0.05) is 41.3 Å². The number of carbonyl (C=O) groups is 1. The second-order valence-electron chi connectivity index (χ2n) is 7.70. The molecule has 0 saturated carbocycles. The minimum Gasteiger partial charge on any atom is -0.497 e. The number of likely N-dealkylation sites (tertiary alicyclic amines) is 1. The standard InChI is InChI=1S/C24H29N3O3/c1-29-18-9-10-20(23(14-18)30-2)22-8-5-13-27(22)16-24(28)25-12-11-17-15-26-21-7-4-3-6-19(17)21/h3-4,6-7,9-10,14-15,22,26H,5,8,11-13,16H2,1-2H3,(H,25,28). The van der Waals surface area contributed by atoms with E-state index in [9.17, 15) is 4.79 Å². The third-order valence-corrected chi connectivity index (χ3v) is 5.90. The molecule has 1 aliphatic rings. The van der Waals surface area contributed by atoms with E-state index in [0.717, 1.165) is 48.4 Å². The van der Waals surface area contributed by atoms with Crippen molar-refractivity contribution in [3.8, 4) is 11.5 Å². The number of amides is 1. The van der Waals surface area contributed by atoms with Crippen LogP contribution in [0.1, 0.15) is 30.0 Å². The van der Waals surface area contributed by atoms with Crippen molar-refractivity contribution in [2.24, 2.45) is 0 Å². The van der Waals surface area contributed by atoms with Crippen molar-refractivity contribution in [1.29, 1.82) is 0 Å². The number of para-hydroxylation sites is 1. The summed E-state index contributed by atoms with van der Waals surface area (Å²) >= 11 is 0. The fourth-order valence-electron chi connectivity index (χ4n) is 4.38. The Morgan fingerprint density at radius 1 is 1.20 bits per heavy atom. The molecule has 2 heterocycles. The lowest BCUT2D eigenvalue weighted by atomic mass is 10.0. The Morgan fingerprint density at radius 2 is 2.07 bits per heavy atom. The first kappa shape index (κ1) is 20.3. The minimum atomic E-state index is 0.0641. The molecule has 0 aliphatic carbocycles. The van der Waals surface area contributed by atoms with Crippen LogP contribution in [0.4, 0.5) is 0 Å². The molecule has 158 valence electrons. The van der Waals surface area contributed by atoms with Gasteiger partial charge >= 0.3 is 0 Å². The van der Waals surface area contributed by atoms with Gasteiger partial charge in [-0.25, -0.2) is 0 Å². The number of nitrogens with zero attached hydrogens (tertiary/aromatic N) is 1. The van der Waals surface area contributed by atoms with Gasteiger partial charge in [0.25, 0.3) is 0 Å². The van der Waals surface area contributed by atoms with Gasteiger partial charge in [-0.15, -0.1) is 0 Å². The van der Waals surface area contributed by atoms with E-state index >= 15 is 0 Å². The number of fused-ring (bicyclic) bond motifs is 1.